The fourth-order valence-corrected chi connectivity index (χ4v) is 2.42. The number of nitrogens with zero attached hydrogens (tertiary/aromatic N) is 2. The summed E-state index contributed by atoms with van der Waals surface area (Å²) in [6.07, 6.45) is 5.77. The second kappa shape index (κ2) is 4.61. The lowest BCUT2D eigenvalue weighted by atomic mass is 10.2. The Morgan fingerprint density at radius 3 is 2.72 bits per heavy atom. The molecule has 2 aliphatic rings. The van der Waals surface area contributed by atoms with Crippen LogP contribution in [-0.4, -0.2) is 34.2 Å². The van der Waals surface area contributed by atoms with Gasteiger partial charge in [-0.05, 0) is 25.7 Å². The number of nitrogen functional groups attached to an aromatic ring is 1. The lowest BCUT2D eigenvalue weighted by Crippen LogP contribution is -2.45. The highest BCUT2D eigenvalue weighted by atomic mass is 16.2. The number of hydrogen-bond acceptors (Lipinski definition) is 4. The molecule has 1 amide bonds. The molecule has 1 aliphatic carbocycles. The van der Waals surface area contributed by atoms with Gasteiger partial charge in [0.05, 0.1) is 11.4 Å². The molecule has 3 rings (SSSR count). The topological polar surface area (TPSA) is 87.0 Å². The van der Waals surface area contributed by atoms with E-state index < -0.39 is 0 Å². The van der Waals surface area contributed by atoms with Crippen molar-refractivity contribution in [3.63, 3.8) is 0 Å². The first kappa shape index (κ1) is 11.5. The second-order valence-electron chi connectivity index (χ2n) is 5.16. The quantitative estimate of drug-likeness (QED) is 0.745. The number of anilines is 1. The number of H-pyrrole nitrogens is 1. The molecular weight excluding hydrogens is 230 g/mol. The van der Waals surface area contributed by atoms with E-state index in [-0.39, 0.29) is 5.91 Å². The van der Waals surface area contributed by atoms with Crippen LogP contribution in [0.4, 0.5) is 5.69 Å². The molecule has 0 unspecified atom stereocenters. The zero-order chi connectivity index (χ0) is 12.5. The third-order valence-corrected chi connectivity index (χ3v) is 3.65. The molecule has 98 valence electrons. The van der Waals surface area contributed by atoms with Crippen LogP contribution in [0.3, 0.4) is 0 Å². The van der Waals surface area contributed by atoms with Crippen molar-refractivity contribution in [3.8, 4) is 0 Å². The van der Waals surface area contributed by atoms with E-state index in [1.807, 2.05) is 5.01 Å². The monoisotopic (exact) mass is 249 g/mol. The molecule has 18 heavy (non-hydrogen) atoms. The molecule has 1 aliphatic heterocycles. The van der Waals surface area contributed by atoms with Crippen molar-refractivity contribution in [1.29, 1.82) is 0 Å². The Hall–Kier alpha value is -1.56. The first-order valence-electron chi connectivity index (χ1n) is 6.65. The van der Waals surface area contributed by atoms with E-state index in [4.69, 9.17) is 5.73 Å². The first-order valence-corrected chi connectivity index (χ1v) is 6.65. The zero-order valence-corrected chi connectivity index (χ0v) is 10.4. The summed E-state index contributed by atoms with van der Waals surface area (Å²) >= 11 is 0. The maximum absolute atomic E-state index is 12.1. The number of aromatic amines is 1. The Bertz CT molecular complexity index is 445. The van der Waals surface area contributed by atoms with Crippen LogP contribution in [0, 0.1) is 0 Å². The third kappa shape index (κ3) is 2.20. The molecule has 0 aromatic carbocycles. The number of carbonyl (C=O) groups excluding carboxylic acids is 1. The highest BCUT2D eigenvalue weighted by Crippen LogP contribution is 2.42. The lowest BCUT2D eigenvalue weighted by Gasteiger charge is -2.26. The summed E-state index contributed by atoms with van der Waals surface area (Å²) in [6, 6.07) is 0. The fourth-order valence-electron chi connectivity index (χ4n) is 2.42. The Balaban J connectivity index is 1.67. The Morgan fingerprint density at radius 2 is 2.06 bits per heavy atom. The summed E-state index contributed by atoms with van der Waals surface area (Å²) in [5, 5.41) is 8.91. The molecule has 0 atom stereocenters. The van der Waals surface area contributed by atoms with Gasteiger partial charge in [0.15, 0.2) is 5.69 Å². The summed E-state index contributed by atoms with van der Waals surface area (Å²) in [6.45, 7) is 1.82. The van der Waals surface area contributed by atoms with Gasteiger partial charge in [-0.3, -0.25) is 15.3 Å². The smallest absolute Gasteiger partial charge is 0.288 e. The number of nitrogens with one attached hydrogen (secondary N) is 2. The van der Waals surface area contributed by atoms with E-state index in [0.717, 1.165) is 44.5 Å². The van der Waals surface area contributed by atoms with Crippen molar-refractivity contribution in [2.24, 2.45) is 0 Å². The number of aromatic nitrogens is 2. The summed E-state index contributed by atoms with van der Waals surface area (Å²) in [7, 11) is 0. The molecule has 0 bridgehead atoms. The van der Waals surface area contributed by atoms with E-state index in [0.29, 0.717) is 17.3 Å². The molecule has 2 heterocycles. The van der Waals surface area contributed by atoms with Crippen LogP contribution in [0.2, 0.25) is 0 Å². The van der Waals surface area contributed by atoms with E-state index >= 15 is 0 Å². The summed E-state index contributed by atoms with van der Waals surface area (Å²) in [5.41, 5.74) is 10.6. The predicted molar refractivity (Wildman–Crippen MR) is 67.9 cm³/mol. The van der Waals surface area contributed by atoms with Gasteiger partial charge in [-0.1, -0.05) is 6.42 Å². The molecular formula is C12H19N5O. The second-order valence-corrected chi connectivity index (χ2v) is 5.16. The molecule has 0 radical (unpaired) electrons. The van der Waals surface area contributed by atoms with Crippen molar-refractivity contribution < 1.29 is 4.79 Å². The summed E-state index contributed by atoms with van der Waals surface area (Å²) < 4.78 is 0. The third-order valence-electron chi connectivity index (χ3n) is 3.65. The Morgan fingerprint density at radius 1 is 1.33 bits per heavy atom. The van der Waals surface area contributed by atoms with E-state index in [2.05, 4.69) is 15.6 Å². The van der Waals surface area contributed by atoms with Gasteiger partial charge in [0.1, 0.15) is 0 Å². The van der Waals surface area contributed by atoms with Gasteiger partial charge >= 0.3 is 0 Å². The van der Waals surface area contributed by atoms with Gasteiger partial charge in [0.2, 0.25) is 0 Å². The average Bonchev–Trinajstić information content (AvgIpc) is 3.14. The van der Waals surface area contributed by atoms with Crippen LogP contribution in [0.1, 0.15) is 54.2 Å². The number of piperidine rings is 1. The maximum atomic E-state index is 12.1. The molecule has 0 spiro atoms. The van der Waals surface area contributed by atoms with Gasteiger partial charge in [0.25, 0.3) is 5.91 Å². The predicted octanol–water partition coefficient (Wildman–Crippen LogP) is 1.000. The number of nitrogens with two attached hydrogens (primary N) is 1. The number of carbonyl (C=O) groups is 1. The highest BCUT2D eigenvalue weighted by molar-refractivity contribution is 5.97. The van der Waals surface area contributed by atoms with Crippen LogP contribution in [0.25, 0.3) is 0 Å². The minimum Gasteiger partial charge on any atom is -0.395 e. The standard InChI is InChI=1S/C12H19N5O/c13-9-10(8-4-5-8)14-15-11(9)12(18)16-17-6-2-1-3-7-17/h8H,1-7,13H2,(H,14,15)(H,16,18). The first-order chi connectivity index (χ1) is 8.75. The van der Waals surface area contributed by atoms with Crippen LogP contribution in [-0.2, 0) is 0 Å². The van der Waals surface area contributed by atoms with Crippen molar-refractivity contribution in [2.75, 3.05) is 18.8 Å². The van der Waals surface area contributed by atoms with Crippen LogP contribution < -0.4 is 11.2 Å². The minimum absolute atomic E-state index is 0.197. The van der Waals surface area contributed by atoms with Gasteiger partial charge < -0.3 is 5.73 Å². The Kier molecular flexibility index (Phi) is 2.95. The van der Waals surface area contributed by atoms with Gasteiger partial charge in [-0.25, -0.2) is 5.01 Å². The van der Waals surface area contributed by atoms with E-state index in [1.165, 1.54) is 6.42 Å². The van der Waals surface area contributed by atoms with Crippen LogP contribution in [0.5, 0.6) is 0 Å². The molecule has 6 nitrogen and oxygen atoms in total. The molecule has 1 aromatic rings. The molecule has 2 fully saturated rings. The van der Waals surface area contributed by atoms with Crippen LogP contribution >= 0.6 is 0 Å². The van der Waals surface area contributed by atoms with Crippen molar-refractivity contribution in [2.45, 2.75) is 38.0 Å². The van der Waals surface area contributed by atoms with Crippen molar-refractivity contribution in [3.05, 3.63) is 11.4 Å². The number of rotatable bonds is 3. The number of hydrazine groups is 1. The number of amides is 1. The van der Waals surface area contributed by atoms with Crippen molar-refractivity contribution in [1.82, 2.24) is 20.6 Å². The summed E-state index contributed by atoms with van der Waals surface area (Å²) in [5.74, 6) is 0.284. The molecule has 6 heteroatoms. The number of hydrogen-bond donors (Lipinski definition) is 3. The van der Waals surface area contributed by atoms with Crippen LogP contribution in [0.15, 0.2) is 0 Å². The van der Waals surface area contributed by atoms with Crippen molar-refractivity contribution >= 4 is 11.6 Å². The van der Waals surface area contributed by atoms with E-state index in [9.17, 15) is 4.79 Å². The van der Waals surface area contributed by atoms with Gasteiger partial charge in [-0.2, -0.15) is 5.10 Å². The molecule has 1 saturated heterocycles. The maximum Gasteiger partial charge on any atom is 0.288 e. The molecule has 1 saturated carbocycles. The largest absolute Gasteiger partial charge is 0.395 e. The SMILES string of the molecule is Nc1c(C(=O)NN2CCCCC2)n[nH]c1C1CC1. The highest BCUT2D eigenvalue weighted by Gasteiger charge is 2.30. The minimum atomic E-state index is -0.197. The summed E-state index contributed by atoms with van der Waals surface area (Å²) in [4.78, 5) is 12.1. The van der Waals surface area contributed by atoms with E-state index in [1.54, 1.807) is 0 Å². The average molecular weight is 249 g/mol. The normalized spacial score (nSPS) is 20.9. The fraction of sp³-hybridized carbons (Fsp3) is 0.667. The van der Waals surface area contributed by atoms with Gasteiger partial charge in [0, 0.05) is 19.0 Å². The Labute approximate surface area is 106 Å². The zero-order valence-electron chi connectivity index (χ0n) is 10.4. The van der Waals surface area contributed by atoms with Gasteiger partial charge in [-0.15, -0.1) is 0 Å². The molecule has 4 N–H and O–H groups in total. The molecule has 1 aromatic heterocycles. The lowest BCUT2D eigenvalue weighted by molar-refractivity contribution is 0.0745.